The lowest BCUT2D eigenvalue weighted by molar-refractivity contribution is 0.546. The number of thioether (sulfide) groups is 1. The van der Waals surface area contributed by atoms with Crippen LogP contribution in [0, 0.1) is 5.92 Å². The number of aromatic nitrogens is 2. The summed E-state index contributed by atoms with van der Waals surface area (Å²) in [5, 5.41) is 12.0. The molecular formula is C13H22N4S. The molecule has 1 fully saturated rings. The first-order valence-electron chi connectivity index (χ1n) is 6.61. The van der Waals surface area contributed by atoms with Crippen LogP contribution in [0.2, 0.25) is 0 Å². The van der Waals surface area contributed by atoms with E-state index < -0.39 is 0 Å². The normalized spacial score (nSPS) is 16.3. The predicted octanol–water partition coefficient (Wildman–Crippen LogP) is 1.78. The maximum absolute atomic E-state index is 4.33. The van der Waals surface area contributed by atoms with Crippen molar-refractivity contribution in [3.8, 4) is 0 Å². The van der Waals surface area contributed by atoms with E-state index >= 15 is 0 Å². The second kappa shape index (κ2) is 6.95. The van der Waals surface area contributed by atoms with Crippen LogP contribution in [0.4, 0.5) is 5.82 Å². The van der Waals surface area contributed by atoms with E-state index in [4.69, 9.17) is 0 Å². The number of nitrogens with one attached hydrogen (secondary N) is 1. The fraction of sp³-hybridized carbons (Fsp3) is 0.692. The van der Waals surface area contributed by atoms with Crippen LogP contribution in [0.1, 0.15) is 19.5 Å². The van der Waals surface area contributed by atoms with Gasteiger partial charge in [0.15, 0.2) is 5.82 Å². The monoisotopic (exact) mass is 266 g/mol. The molecule has 18 heavy (non-hydrogen) atoms. The molecule has 0 unspecified atom stereocenters. The molecule has 0 radical (unpaired) electrons. The van der Waals surface area contributed by atoms with Gasteiger partial charge in [-0.05, 0) is 24.6 Å². The van der Waals surface area contributed by atoms with Crippen LogP contribution >= 0.6 is 11.8 Å². The maximum Gasteiger partial charge on any atom is 0.151 e. The van der Waals surface area contributed by atoms with Crippen molar-refractivity contribution in [2.75, 3.05) is 36.0 Å². The van der Waals surface area contributed by atoms with E-state index in [0.29, 0.717) is 5.92 Å². The molecule has 5 heteroatoms. The SMILES string of the molecule is CC(C)CNCc1ccc(N2CCSCC2)nn1. The van der Waals surface area contributed by atoms with Gasteiger partial charge >= 0.3 is 0 Å². The summed E-state index contributed by atoms with van der Waals surface area (Å²) in [6, 6.07) is 4.17. The molecule has 4 nitrogen and oxygen atoms in total. The fourth-order valence-corrected chi connectivity index (χ4v) is 2.80. The van der Waals surface area contributed by atoms with Crippen LogP contribution in [0.5, 0.6) is 0 Å². The third kappa shape index (κ3) is 4.14. The zero-order valence-corrected chi connectivity index (χ0v) is 12.0. The molecule has 1 N–H and O–H groups in total. The zero-order valence-electron chi connectivity index (χ0n) is 11.2. The maximum atomic E-state index is 4.33. The Morgan fingerprint density at radius 3 is 2.67 bits per heavy atom. The van der Waals surface area contributed by atoms with Gasteiger partial charge in [0.25, 0.3) is 0 Å². The quantitative estimate of drug-likeness (QED) is 0.880. The molecule has 0 amide bonds. The lowest BCUT2D eigenvalue weighted by Gasteiger charge is -2.26. The van der Waals surface area contributed by atoms with Crippen molar-refractivity contribution < 1.29 is 0 Å². The number of nitrogens with zero attached hydrogens (tertiary/aromatic N) is 3. The van der Waals surface area contributed by atoms with Crippen molar-refractivity contribution in [2.45, 2.75) is 20.4 Å². The number of anilines is 1. The summed E-state index contributed by atoms with van der Waals surface area (Å²) >= 11 is 2.01. The Hall–Kier alpha value is -0.810. The Labute approximate surface area is 114 Å². The van der Waals surface area contributed by atoms with Gasteiger partial charge < -0.3 is 10.2 Å². The molecule has 1 saturated heterocycles. The summed E-state index contributed by atoms with van der Waals surface area (Å²) < 4.78 is 0. The Morgan fingerprint density at radius 2 is 2.06 bits per heavy atom. The summed E-state index contributed by atoms with van der Waals surface area (Å²) in [5.41, 5.74) is 1.02. The Morgan fingerprint density at radius 1 is 1.28 bits per heavy atom. The molecule has 1 aromatic heterocycles. The van der Waals surface area contributed by atoms with Gasteiger partial charge in [-0.1, -0.05) is 13.8 Å². The molecule has 2 rings (SSSR count). The molecule has 1 aliphatic rings. The highest BCUT2D eigenvalue weighted by Gasteiger charge is 2.12. The van der Waals surface area contributed by atoms with Crippen molar-refractivity contribution in [1.82, 2.24) is 15.5 Å². The average molecular weight is 266 g/mol. The Kier molecular flexibility index (Phi) is 5.26. The average Bonchev–Trinajstić information content (AvgIpc) is 2.40. The highest BCUT2D eigenvalue weighted by atomic mass is 32.2. The molecule has 100 valence electrons. The topological polar surface area (TPSA) is 41.0 Å². The summed E-state index contributed by atoms with van der Waals surface area (Å²) in [5.74, 6) is 4.07. The minimum absolute atomic E-state index is 0.670. The van der Waals surface area contributed by atoms with Crippen molar-refractivity contribution in [3.63, 3.8) is 0 Å². The van der Waals surface area contributed by atoms with Gasteiger partial charge in [0.05, 0.1) is 5.69 Å². The lowest BCUT2D eigenvalue weighted by atomic mass is 10.2. The standard InChI is InChI=1S/C13H22N4S/c1-11(2)9-14-10-12-3-4-13(16-15-12)17-5-7-18-8-6-17/h3-4,11,14H,5-10H2,1-2H3. The molecule has 0 atom stereocenters. The third-order valence-corrected chi connectivity index (χ3v) is 3.84. The molecule has 1 aromatic rings. The largest absolute Gasteiger partial charge is 0.353 e. The van der Waals surface area contributed by atoms with Gasteiger partial charge in [0, 0.05) is 31.1 Å². The predicted molar refractivity (Wildman–Crippen MR) is 78.1 cm³/mol. The van der Waals surface area contributed by atoms with Crippen LogP contribution in [0.25, 0.3) is 0 Å². The molecule has 2 heterocycles. The zero-order chi connectivity index (χ0) is 12.8. The van der Waals surface area contributed by atoms with E-state index in [9.17, 15) is 0 Å². The molecule has 0 aliphatic carbocycles. The van der Waals surface area contributed by atoms with E-state index in [-0.39, 0.29) is 0 Å². The van der Waals surface area contributed by atoms with E-state index in [1.807, 2.05) is 11.8 Å². The van der Waals surface area contributed by atoms with Gasteiger partial charge in [-0.15, -0.1) is 5.10 Å². The minimum atomic E-state index is 0.670. The van der Waals surface area contributed by atoms with E-state index in [2.05, 4.69) is 46.4 Å². The van der Waals surface area contributed by atoms with Crippen molar-refractivity contribution in [2.24, 2.45) is 5.92 Å². The second-order valence-corrected chi connectivity index (χ2v) is 6.23. The highest BCUT2D eigenvalue weighted by molar-refractivity contribution is 7.99. The van der Waals surface area contributed by atoms with Gasteiger partial charge in [0.2, 0.25) is 0 Å². The molecule has 0 bridgehead atoms. The van der Waals surface area contributed by atoms with Gasteiger partial charge in [-0.25, -0.2) is 0 Å². The van der Waals surface area contributed by atoms with E-state index in [1.165, 1.54) is 11.5 Å². The third-order valence-electron chi connectivity index (χ3n) is 2.90. The molecular weight excluding hydrogens is 244 g/mol. The smallest absolute Gasteiger partial charge is 0.151 e. The van der Waals surface area contributed by atoms with Gasteiger partial charge in [-0.3, -0.25) is 0 Å². The Bertz CT molecular complexity index is 347. The molecule has 0 spiro atoms. The first-order chi connectivity index (χ1) is 8.75. The van der Waals surface area contributed by atoms with Crippen LogP contribution in [0.15, 0.2) is 12.1 Å². The summed E-state index contributed by atoms with van der Waals surface area (Å²) in [6.07, 6.45) is 0. The second-order valence-electron chi connectivity index (χ2n) is 5.01. The lowest BCUT2D eigenvalue weighted by Crippen LogP contribution is -2.33. The van der Waals surface area contributed by atoms with Gasteiger partial charge in [-0.2, -0.15) is 16.9 Å². The molecule has 0 saturated carbocycles. The fourth-order valence-electron chi connectivity index (χ4n) is 1.90. The first-order valence-corrected chi connectivity index (χ1v) is 7.77. The van der Waals surface area contributed by atoms with E-state index in [1.54, 1.807) is 0 Å². The summed E-state index contributed by atoms with van der Waals surface area (Å²) in [4.78, 5) is 2.31. The van der Waals surface area contributed by atoms with Crippen molar-refractivity contribution >= 4 is 17.6 Å². The van der Waals surface area contributed by atoms with Crippen molar-refractivity contribution in [1.29, 1.82) is 0 Å². The number of hydrogen-bond donors (Lipinski definition) is 1. The minimum Gasteiger partial charge on any atom is -0.353 e. The molecule has 1 aliphatic heterocycles. The number of hydrogen-bond acceptors (Lipinski definition) is 5. The van der Waals surface area contributed by atoms with Crippen LogP contribution < -0.4 is 10.2 Å². The van der Waals surface area contributed by atoms with E-state index in [0.717, 1.165) is 37.7 Å². The molecule has 0 aromatic carbocycles. The van der Waals surface area contributed by atoms with Crippen LogP contribution in [0.3, 0.4) is 0 Å². The summed E-state index contributed by atoms with van der Waals surface area (Å²) in [7, 11) is 0. The summed E-state index contributed by atoms with van der Waals surface area (Å²) in [6.45, 7) is 8.41. The number of rotatable bonds is 5. The van der Waals surface area contributed by atoms with Crippen molar-refractivity contribution in [3.05, 3.63) is 17.8 Å². The highest BCUT2D eigenvalue weighted by Crippen LogP contribution is 2.16. The van der Waals surface area contributed by atoms with Crippen LogP contribution in [-0.2, 0) is 6.54 Å². The van der Waals surface area contributed by atoms with Gasteiger partial charge in [0.1, 0.15) is 0 Å². The Balaban J connectivity index is 1.84. The first kappa shape index (κ1) is 13.6. The van der Waals surface area contributed by atoms with Crippen LogP contribution in [-0.4, -0.2) is 41.3 Å².